The van der Waals surface area contributed by atoms with E-state index >= 15 is 0 Å². The summed E-state index contributed by atoms with van der Waals surface area (Å²) >= 11 is 0. The Hall–Kier alpha value is -1.43. The van der Waals surface area contributed by atoms with Crippen LogP contribution < -0.4 is 15.5 Å². The molecule has 0 radical (unpaired) electrons. The van der Waals surface area contributed by atoms with Crippen LogP contribution in [-0.4, -0.2) is 31.2 Å². The van der Waals surface area contributed by atoms with Crippen molar-refractivity contribution in [1.82, 2.24) is 10.4 Å². The Morgan fingerprint density at radius 2 is 2.32 bits per heavy atom. The van der Waals surface area contributed by atoms with Crippen LogP contribution in [0.25, 0.3) is 5.57 Å². The summed E-state index contributed by atoms with van der Waals surface area (Å²) in [4.78, 5) is 4.60. The number of hydroxylamine groups is 2. The van der Waals surface area contributed by atoms with Gasteiger partial charge in [0, 0.05) is 29.8 Å². The minimum absolute atomic E-state index is 0.326. The molecule has 0 aromatic carbocycles. The van der Waals surface area contributed by atoms with Crippen molar-refractivity contribution >= 4 is 11.4 Å². The molecule has 0 aliphatic carbocycles. The molecule has 0 saturated heterocycles. The maximum Gasteiger partial charge on any atom is 0.150 e. The summed E-state index contributed by atoms with van der Waals surface area (Å²) in [6.45, 7) is 9.54. The molecule has 2 aliphatic rings. The smallest absolute Gasteiger partial charge is 0.150 e. The van der Waals surface area contributed by atoms with Crippen molar-refractivity contribution in [2.75, 3.05) is 31.2 Å². The minimum Gasteiger partial charge on any atom is -0.634 e. The van der Waals surface area contributed by atoms with Gasteiger partial charge in [0.2, 0.25) is 0 Å². The molecule has 2 N–H and O–H groups in total. The maximum absolute atomic E-state index is 12.2. The highest BCUT2D eigenvalue weighted by Gasteiger charge is 2.36. The van der Waals surface area contributed by atoms with Crippen LogP contribution in [0.3, 0.4) is 0 Å². The molecule has 0 bridgehead atoms. The molecular formula is C17H26N4O. The van der Waals surface area contributed by atoms with Gasteiger partial charge in [0.1, 0.15) is 6.54 Å². The first kappa shape index (κ1) is 15.5. The van der Waals surface area contributed by atoms with E-state index in [0.29, 0.717) is 30.0 Å². The fourth-order valence-corrected chi connectivity index (χ4v) is 3.58. The predicted molar refractivity (Wildman–Crippen MR) is 89.2 cm³/mol. The van der Waals surface area contributed by atoms with E-state index in [9.17, 15) is 5.21 Å². The molecule has 2 unspecified atom stereocenters. The third-order valence-electron chi connectivity index (χ3n) is 4.65. The Balaban J connectivity index is 2.04. The number of quaternary nitrogens is 1. The summed E-state index contributed by atoms with van der Waals surface area (Å²) in [5.41, 5.74) is 7.31. The summed E-state index contributed by atoms with van der Waals surface area (Å²) in [6, 6.07) is 4.16. The number of fused-ring (bicyclic) bond motifs is 2. The molecule has 1 aromatic heterocycles. The van der Waals surface area contributed by atoms with Gasteiger partial charge in [-0.15, -0.1) is 0 Å². The Morgan fingerprint density at radius 1 is 1.50 bits per heavy atom. The lowest BCUT2D eigenvalue weighted by Gasteiger charge is -2.43. The predicted octanol–water partition coefficient (Wildman–Crippen LogP) is 1.24. The van der Waals surface area contributed by atoms with Crippen LogP contribution >= 0.6 is 0 Å². The standard InChI is InChI=1S/C17H26N4O/c1-4-7-19-21-10-13-9-20(22)11-15(12(2)3)16(13)14-6-5-8-18-17(14)21/h5-6,8,12,15,19-20H,4,7,9-11H2,1-3H3. The molecule has 5 nitrogen and oxygen atoms in total. The molecule has 5 heteroatoms. The fraction of sp³-hybridized carbons (Fsp3) is 0.588. The third-order valence-corrected chi connectivity index (χ3v) is 4.65. The van der Waals surface area contributed by atoms with Crippen LogP contribution in [0.2, 0.25) is 0 Å². The second kappa shape index (κ2) is 6.36. The van der Waals surface area contributed by atoms with E-state index in [1.165, 1.54) is 16.7 Å². The van der Waals surface area contributed by atoms with Crippen LogP contribution in [0.15, 0.2) is 23.9 Å². The van der Waals surface area contributed by atoms with E-state index in [1.807, 2.05) is 12.3 Å². The number of pyridine rings is 1. The number of hydrogen-bond acceptors (Lipinski definition) is 4. The van der Waals surface area contributed by atoms with E-state index in [1.54, 1.807) is 0 Å². The average molecular weight is 302 g/mol. The number of nitrogens with zero attached hydrogens (tertiary/aromatic N) is 2. The molecule has 2 atom stereocenters. The molecule has 120 valence electrons. The first-order chi connectivity index (χ1) is 10.6. The molecule has 3 rings (SSSR count). The Kier molecular flexibility index (Phi) is 4.47. The number of rotatable bonds is 4. The fourth-order valence-electron chi connectivity index (χ4n) is 3.58. The van der Waals surface area contributed by atoms with Crippen LogP contribution in [0.4, 0.5) is 5.82 Å². The van der Waals surface area contributed by atoms with Gasteiger partial charge in [-0.05, 0) is 30.0 Å². The molecule has 0 spiro atoms. The van der Waals surface area contributed by atoms with Crippen molar-refractivity contribution in [1.29, 1.82) is 0 Å². The lowest BCUT2D eigenvalue weighted by molar-refractivity contribution is -0.848. The van der Waals surface area contributed by atoms with Crippen molar-refractivity contribution in [3.63, 3.8) is 0 Å². The van der Waals surface area contributed by atoms with Gasteiger partial charge in [0.25, 0.3) is 0 Å². The zero-order chi connectivity index (χ0) is 15.7. The van der Waals surface area contributed by atoms with Gasteiger partial charge in [-0.1, -0.05) is 20.8 Å². The number of hydrogen-bond donors (Lipinski definition) is 2. The van der Waals surface area contributed by atoms with E-state index in [2.05, 4.69) is 42.3 Å². The van der Waals surface area contributed by atoms with Crippen molar-refractivity contribution in [2.24, 2.45) is 11.8 Å². The SMILES string of the molecule is CCCNN1CC2=C(c3cccnc31)C(C(C)C)C[NH+]([O-])C2. The molecular weight excluding hydrogens is 276 g/mol. The van der Waals surface area contributed by atoms with Gasteiger partial charge in [0.15, 0.2) is 5.82 Å². The molecule has 22 heavy (non-hydrogen) atoms. The molecule has 0 amide bonds. The first-order valence-electron chi connectivity index (χ1n) is 8.31. The molecule has 1 aromatic rings. The van der Waals surface area contributed by atoms with Crippen LogP contribution in [0.5, 0.6) is 0 Å². The van der Waals surface area contributed by atoms with Crippen LogP contribution in [0.1, 0.15) is 32.8 Å². The third kappa shape index (κ3) is 2.76. The quantitative estimate of drug-likeness (QED) is 0.822. The minimum atomic E-state index is 0.326. The lowest BCUT2D eigenvalue weighted by atomic mass is 9.78. The zero-order valence-electron chi connectivity index (χ0n) is 13.7. The van der Waals surface area contributed by atoms with E-state index in [-0.39, 0.29) is 0 Å². The largest absolute Gasteiger partial charge is 0.634 e. The maximum atomic E-state index is 12.2. The van der Waals surface area contributed by atoms with Gasteiger partial charge in [0.05, 0.1) is 13.1 Å². The van der Waals surface area contributed by atoms with Crippen LogP contribution in [0, 0.1) is 17.0 Å². The average Bonchev–Trinajstić information content (AvgIpc) is 2.51. The second-order valence-corrected chi connectivity index (χ2v) is 6.66. The van der Waals surface area contributed by atoms with E-state index < -0.39 is 0 Å². The van der Waals surface area contributed by atoms with Crippen molar-refractivity contribution in [3.8, 4) is 0 Å². The Bertz CT molecular complexity index is 570. The first-order valence-corrected chi connectivity index (χ1v) is 8.31. The number of anilines is 1. The van der Waals surface area contributed by atoms with Gasteiger partial charge in [-0.25, -0.2) is 10.4 Å². The van der Waals surface area contributed by atoms with Gasteiger partial charge < -0.3 is 10.3 Å². The van der Waals surface area contributed by atoms with E-state index in [0.717, 1.165) is 25.3 Å². The van der Waals surface area contributed by atoms with Crippen molar-refractivity contribution in [2.45, 2.75) is 27.2 Å². The van der Waals surface area contributed by atoms with Gasteiger partial charge in [-0.3, -0.25) is 5.01 Å². The van der Waals surface area contributed by atoms with Gasteiger partial charge in [-0.2, -0.15) is 0 Å². The monoisotopic (exact) mass is 302 g/mol. The highest BCUT2D eigenvalue weighted by Crippen LogP contribution is 2.40. The zero-order valence-corrected chi connectivity index (χ0v) is 13.7. The summed E-state index contributed by atoms with van der Waals surface area (Å²) in [7, 11) is 0. The summed E-state index contributed by atoms with van der Waals surface area (Å²) in [6.07, 6.45) is 2.92. The summed E-state index contributed by atoms with van der Waals surface area (Å²) in [5, 5.41) is 14.7. The molecule has 0 fully saturated rings. The van der Waals surface area contributed by atoms with Gasteiger partial charge >= 0.3 is 0 Å². The Morgan fingerprint density at radius 3 is 3.05 bits per heavy atom. The number of hydrazine groups is 1. The number of nitrogens with one attached hydrogen (secondary N) is 2. The lowest BCUT2D eigenvalue weighted by Crippen LogP contribution is -3.09. The summed E-state index contributed by atoms with van der Waals surface area (Å²) in [5.74, 6) is 1.81. The topological polar surface area (TPSA) is 55.7 Å². The van der Waals surface area contributed by atoms with Crippen molar-refractivity contribution < 1.29 is 5.06 Å². The van der Waals surface area contributed by atoms with Crippen molar-refractivity contribution in [3.05, 3.63) is 34.7 Å². The molecule has 0 saturated carbocycles. The van der Waals surface area contributed by atoms with Crippen LogP contribution in [-0.2, 0) is 0 Å². The number of aromatic nitrogens is 1. The molecule has 2 aliphatic heterocycles. The van der Waals surface area contributed by atoms with E-state index in [4.69, 9.17) is 0 Å². The normalized spacial score (nSPS) is 24.5. The molecule has 3 heterocycles. The Labute approximate surface area is 132 Å². The summed E-state index contributed by atoms with van der Waals surface area (Å²) < 4.78 is 0. The highest BCUT2D eigenvalue weighted by atomic mass is 16.5. The second-order valence-electron chi connectivity index (χ2n) is 6.66. The highest BCUT2D eigenvalue weighted by molar-refractivity contribution is 5.82.